The number of fused-ring (bicyclic) bond motifs is 1. The van der Waals surface area contributed by atoms with E-state index >= 15 is 0 Å². The monoisotopic (exact) mass is 330 g/mol. The van der Waals surface area contributed by atoms with Crippen LogP contribution in [0.4, 0.5) is 11.4 Å². The molecule has 0 unspecified atom stereocenters. The molecule has 20 heavy (non-hydrogen) atoms. The van der Waals surface area contributed by atoms with E-state index < -0.39 is 0 Å². The largest absolute Gasteiger partial charge is 0.399 e. The summed E-state index contributed by atoms with van der Waals surface area (Å²) in [5, 5.41) is 0. The fraction of sp³-hybridized carbons (Fsp3) is 0.0667. The number of nitrogens with two attached hydrogens (primary N) is 1. The van der Waals surface area contributed by atoms with Crippen LogP contribution in [-0.4, -0.2) is 11.8 Å². The highest BCUT2D eigenvalue weighted by atomic mass is 79.9. The van der Waals surface area contributed by atoms with E-state index in [9.17, 15) is 9.59 Å². The molecule has 5 heteroatoms. The Kier molecular flexibility index (Phi) is 2.87. The topological polar surface area (TPSA) is 63.4 Å². The molecule has 0 aromatic heterocycles. The Bertz CT molecular complexity index is 756. The lowest BCUT2D eigenvalue weighted by atomic mass is 10.1. The summed E-state index contributed by atoms with van der Waals surface area (Å²) in [7, 11) is 0. The van der Waals surface area contributed by atoms with Crippen LogP contribution in [0.3, 0.4) is 0 Å². The molecule has 2 aromatic rings. The Labute approximate surface area is 124 Å². The number of carbonyl (C=O) groups excluding carboxylic acids is 2. The summed E-state index contributed by atoms with van der Waals surface area (Å²) in [4.78, 5) is 26.0. The van der Waals surface area contributed by atoms with Crippen LogP contribution in [0.5, 0.6) is 0 Å². The van der Waals surface area contributed by atoms with Crippen molar-refractivity contribution in [3.8, 4) is 0 Å². The second kappa shape index (κ2) is 4.45. The number of aryl methyl sites for hydroxylation is 1. The standard InChI is InChI=1S/C15H11BrN2O2/c1-8-2-4-10-11(6-8)15(20)18(14(10)19)13-7-9(17)3-5-12(13)16/h2-7H,17H2,1H3. The Hall–Kier alpha value is -2.14. The van der Waals surface area contributed by atoms with Gasteiger partial charge in [0.1, 0.15) is 0 Å². The van der Waals surface area contributed by atoms with Gasteiger partial charge in [-0.25, -0.2) is 4.90 Å². The van der Waals surface area contributed by atoms with E-state index in [1.807, 2.05) is 13.0 Å². The van der Waals surface area contributed by atoms with Crippen molar-refractivity contribution in [2.45, 2.75) is 6.92 Å². The minimum atomic E-state index is -0.323. The molecule has 2 amide bonds. The van der Waals surface area contributed by atoms with Crippen molar-refractivity contribution in [3.63, 3.8) is 0 Å². The Balaban J connectivity index is 2.16. The third-order valence-electron chi connectivity index (χ3n) is 3.25. The van der Waals surface area contributed by atoms with E-state index in [0.29, 0.717) is 27.0 Å². The number of amides is 2. The average Bonchev–Trinajstić information content (AvgIpc) is 2.65. The Morgan fingerprint density at radius 1 is 1.00 bits per heavy atom. The van der Waals surface area contributed by atoms with Gasteiger partial charge in [0, 0.05) is 10.2 Å². The number of rotatable bonds is 1. The van der Waals surface area contributed by atoms with Gasteiger partial charge in [-0.1, -0.05) is 11.6 Å². The molecule has 1 aliphatic heterocycles. The van der Waals surface area contributed by atoms with Gasteiger partial charge >= 0.3 is 0 Å². The van der Waals surface area contributed by atoms with Crippen LogP contribution in [0.25, 0.3) is 0 Å². The SMILES string of the molecule is Cc1ccc2c(c1)C(=O)N(c1cc(N)ccc1Br)C2=O. The summed E-state index contributed by atoms with van der Waals surface area (Å²) in [6.07, 6.45) is 0. The van der Waals surface area contributed by atoms with Gasteiger partial charge in [0.25, 0.3) is 11.8 Å². The number of hydrogen-bond acceptors (Lipinski definition) is 3. The van der Waals surface area contributed by atoms with E-state index in [4.69, 9.17) is 5.73 Å². The quantitative estimate of drug-likeness (QED) is 0.645. The van der Waals surface area contributed by atoms with Crippen molar-refractivity contribution in [3.05, 3.63) is 57.6 Å². The van der Waals surface area contributed by atoms with E-state index in [1.54, 1.807) is 30.3 Å². The smallest absolute Gasteiger partial charge is 0.266 e. The summed E-state index contributed by atoms with van der Waals surface area (Å²) < 4.78 is 0.651. The third-order valence-corrected chi connectivity index (χ3v) is 3.92. The van der Waals surface area contributed by atoms with Gasteiger partial charge in [-0.05, 0) is 53.2 Å². The van der Waals surface area contributed by atoms with E-state index in [2.05, 4.69) is 15.9 Å². The number of anilines is 2. The molecule has 2 aromatic carbocycles. The second-order valence-corrected chi connectivity index (χ2v) is 5.56. The zero-order valence-corrected chi connectivity index (χ0v) is 12.3. The maximum absolute atomic E-state index is 12.5. The highest BCUT2D eigenvalue weighted by Gasteiger charge is 2.37. The Morgan fingerprint density at radius 2 is 1.70 bits per heavy atom. The fourth-order valence-corrected chi connectivity index (χ4v) is 2.70. The molecule has 4 nitrogen and oxygen atoms in total. The molecule has 0 aliphatic carbocycles. The van der Waals surface area contributed by atoms with Gasteiger partial charge in [0.2, 0.25) is 0 Å². The molecule has 2 N–H and O–H groups in total. The van der Waals surface area contributed by atoms with Gasteiger partial charge in [0.05, 0.1) is 16.8 Å². The van der Waals surface area contributed by atoms with Crippen LogP contribution in [0.2, 0.25) is 0 Å². The summed E-state index contributed by atoms with van der Waals surface area (Å²) >= 11 is 3.35. The van der Waals surface area contributed by atoms with Gasteiger partial charge in [-0.3, -0.25) is 9.59 Å². The zero-order valence-electron chi connectivity index (χ0n) is 10.7. The van der Waals surface area contributed by atoms with Gasteiger partial charge in [0.15, 0.2) is 0 Å². The number of benzene rings is 2. The highest BCUT2D eigenvalue weighted by molar-refractivity contribution is 9.10. The average molecular weight is 331 g/mol. The number of halogens is 1. The molecule has 0 bridgehead atoms. The lowest BCUT2D eigenvalue weighted by Crippen LogP contribution is -2.29. The van der Waals surface area contributed by atoms with Crippen LogP contribution in [0, 0.1) is 6.92 Å². The van der Waals surface area contributed by atoms with Crippen molar-refractivity contribution in [2.24, 2.45) is 0 Å². The van der Waals surface area contributed by atoms with Crippen molar-refractivity contribution >= 4 is 39.1 Å². The van der Waals surface area contributed by atoms with Gasteiger partial charge < -0.3 is 5.73 Å². The molecule has 1 heterocycles. The minimum absolute atomic E-state index is 0.319. The molecule has 100 valence electrons. The molecule has 0 radical (unpaired) electrons. The first kappa shape index (κ1) is 12.9. The van der Waals surface area contributed by atoms with Crippen LogP contribution >= 0.6 is 15.9 Å². The molecule has 3 rings (SSSR count). The molecule has 0 spiro atoms. The lowest BCUT2D eigenvalue weighted by Gasteiger charge is -2.16. The third kappa shape index (κ3) is 1.82. The second-order valence-electron chi connectivity index (χ2n) is 4.71. The van der Waals surface area contributed by atoms with Crippen LogP contribution < -0.4 is 10.6 Å². The predicted octanol–water partition coefficient (Wildman–Crippen LogP) is 3.14. The predicted molar refractivity (Wildman–Crippen MR) is 80.9 cm³/mol. The van der Waals surface area contributed by atoms with Crippen molar-refractivity contribution in [1.82, 2.24) is 0 Å². The number of nitrogen functional groups attached to an aromatic ring is 1. The fourth-order valence-electron chi connectivity index (χ4n) is 2.27. The van der Waals surface area contributed by atoms with Crippen LogP contribution in [0.1, 0.15) is 26.3 Å². The van der Waals surface area contributed by atoms with Crippen molar-refractivity contribution in [1.29, 1.82) is 0 Å². The van der Waals surface area contributed by atoms with E-state index in [0.717, 1.165) is 10.5 Å². The molecule has 0 saturated carbocycles. The van der Waals surface area contributed by atoms with Crippen LogP contribution in [-0.2, 0) is 0 Å². The molecule has 0 fully saturated rings. The van der Waals surface area contributed by atoms with Gasteiger partial charge in [-0.2, -0.15) is 0 Å². The zero-order chi connectivity index (χ0) is 14.4. The molecule has 0 saturated heterocycles. The molecule has 1 aliphatic rings. The summed E-state index contributed by atoms with van der Waals surface area (Å²) in [5.41, 5.74) is 8.51. The normalized spacial score (nSPS) is 13.8. The first-order valence-corrected chi connectivity index (χ1v) is 6.83. The maximum atomic E-state index is 12.5. The number of hydrogen-bond donors (Lipinski definition) is 1. The highest BCUT2D eigenvalue weighted by Crippen LogP contribution is 2.34. The number of carbonyl (C=O) groups is 2. The lowest BCUT2D eigenvalue weighted by molar-refractivity contribution is 0.0926. The summed E-state index contributed by atoms with van der Waals surface area (Å²) in [5.74, 6) is -0.642. The van der Waals surface area contributed by atoms with Crippen LogP contribution in [0.15, 0.2) is 40.9 Å². The molecular formula is C15H11BrN2O2. The first-order valence-electron chi connectivity index (χ1n) is 6.03. The number of nitrogens with zero attached hydrogens (tertiary/aromatic N) is 1. The maximum Gasteiger partial charge on any atom is 0.266 e. The summed E-state index contributed by atoms with van der Waals surface area (Å²) in [6.45, 7) is 1.89. The summed E-state index contributed by atoms with van der Waals surface area (Å²) in [6, 6.07) is 10.3. The van der Waals surface area contributed by atoms with E-state index in [1.165, 1.54) is 0 Å². The van der Waals surface area contributed by atoms with Gasteiger partial charge in [-0.15, -0.1) is 0 Å². The van der Waals surface area contributed by atoms with Crippen molar-refractivity contribution in [2.75, 3.05) is 10.6 Å². The molecule has 0 atom stereocenters. The molecular weight excluding hydrogens is 320 g/mol. The minimum Gasteiger partial charge on any atom is -0.399 e. The number of imide groups is 1. The first-order chi connectivity index (χ1) is 9.49. The Morgan fingerprint density at radius 3 is 2.45 bits per heavy atom. The van der Waals surface area contributed by atoms with E-state index in [-0.39, 0.29) is 11.8 Å². The van der Waals surface area contributed by atoms with Crippen molar-refractivity contribution < 1.29 is 9.59 Å².